The average Bonchev–Trinajstić information content (AvgIpc) is 3.22. The summed E-state index contributed by atoms with van der Waals surface area (Å²) in [6.07, 6.45) is 5.21. The van der Waals surface area contributed by atoms with Crippen molar-refractivity contribution in [1.82, 2.24) is 15.3 Å². The van der Waals surface area contributed by atoms with E-state index in [0.29, 0.717) is 16.8 Å². The maximum absolute atomic E-state index is 13.3. The number of fused-ring (bicyclic) bond motifs is 1. The van der Waals surface area contributed by atoms with Crippen molar-refractivity contribution in [1.29, 1.82) is 0 Å². The van der Waals surface area contributed by atoms with Crippen LogP contribution in [-0.4, -0.2) is 27.5 Å². The van der Waals surface area contributed by atoms with Crippen LogP contribution in [0, 0.1) is 5.82 Å². The highest BCUT2D eigenvalue weighted by Gasteiger charge is 2.32. The molecule has 3 aromatic rings. The molecule has 0 radical (unpaired) electrons. The van der Waals surface area contributed by atoms with Crippen LogP contribution in [0.15, 0.2) is 48.9 Å². The molecule has 0 aliphatic carbocycles. The van der Waals surface area contributed by atoms with E-state index in [4.69, 9.17) is 0 Å². The Hall–Kier alpha value is -2.18. The number of hydrogen-bond acceptors (Lipinski definition) is 4. The molecule has 1 aromatic carbocycles. The number of carbonyl (C=O) groups is 1. The first-order valence-electron chi connectivity index (χ1n) is 7.31. The van der Waals surface area contributed by atoms with Crippen molar-refractivity contribution < 1.29 is 9.18 Å². The first-order chi connectivity index (χ1) is 11.2. The highest BCUT2D eigenvalue weighted by molar-refractivity contribution is 7.99. The number of thioether (sulfide) groups is 1. The fraction of sp³-hybridized carbons (Fsp3) is 0.176. The van der Waals surface area contributed by atoms with Crippen LogP contribution in [-0.2, 0) is 0 Å². The van der Waals surface area contributed by atoms with Crippen LogP contribution in [0.3, 0.4) is 0 Å². The first-order valence-corrected chi connectivity index (χ1v) is 8.35. The van der Waals surface area contributed by atoms with Crippen LogP contribution >= 0.6 is 11.8 Å². The molecule has 1 aliphatic heterocycles. The predicted molar refractivity (Wildman–Crippen MR) is 88.9 cm³/mol. The van der Waals surface area contributed by atoms with E-state index in [9.17, 15) is 9.18 Å². The number of aromatic amines is 1. The third-order valence-corrected chi connectivity index (χ3v) is 5.26. The number of H-pyrrole nitrogens is 1. The summed E-state index contributed by atoms with van der Waals surface area (Å²) >= 11 is 1.69. The Morgan fingerprint density at radius 2 is 2.26 bits per heavy atom. The fourth-order valence-electron chi connectivity index (χ4n) is 2.84. The second-order valence-corrected chi connectivity index (χ2v) is 6.61. The molecule has 0 saturated carbocycles. The number of rotatable bonds is 3. The maximum atomic E-state index is 13.3. The summed E-state index contributed by atoms with van der Waals surface area (Å²) in [6, 6.07) is 8.06. The smallest absolute Gasteiger partial charge is 0.182 e. The normalized spacial score (nSPS) is 20.9. The van der Waals surface area contributed by atoms with Crippen LogP contribution in [0.4, 0.5) is 4.39 Å². The number of pyridine rings is 1. The van der Waals surface area contributed by atoms with Crippen LogP contribution in [0.25, 0.3) is 10.9 Å². The summed E-state index contributed by atoms with van der Waals surface area (Å²) in [5.41, 5.74) is 2.31. The zero-order valence-corrected chi connectivity index (χ0v) is 12.9. The minimum atomic E-state index is -0.315. The minimum absolute atomic E-state index is 0.0294. The first kappa shape index (κ1) is 14.4. The molecule has 4 rings (SSSR count). The number of halogens is 1. The number of Topliss-reactive ketones (excluding diaryl/α,β-unsaturated/α-hetero) is 1. The van der Waals surface area contributed by atoms with E-state index >= 15 is 0 Å². The lowest BCUT2D eigenvalue weighted by atomic mass is 10.0. The number of nitrogens with zero attached hydrogens (tertiary/aromatic N) is 1. The third kappa shape index (κ3) is 2.64. The van der Waals surface area contributed by atoms with Gasteiger partial charge in [0.25, 0.3) is 0 Å². The molecule has 2 atom stereocenters. The number of aromatic nitrogens is 2. The van der Waals surface area contributed by atoms with Gasteiger partial charge in [0.1, 0.15) is 5.82 Å². The van der Waals surface area contributed by atoms with Gasteiger partial charge in [-0.15, -0.1) is 11.8 Å². The molecule has 1 unspecified atom stereocenters. The van der Waals surface area contributed by atoms with Crippen molar-refractivity contribution in [2.24, 2.45) is 0 Å². The molecule has 23 heavy (non-hydrogen) atoms. The molecule has 6 heteroatoms. The number of benzene rings is 1. The van der Waals surface area contributed by atoms with Gasteiger partial charge in [-0.1, -0.05) is 6.07 Å². The molecular formula is C17H14FN3OS. The molecule has 2 aromatic heterocycles. The van der Waals surface area contributed by atoms with E-state index in [1.807, 2.05) is 18.3 Å². The van der Waals surface area contributed by atoms with Gasteiger partial charge in [-0.3, -0.25) is 15.1 Å². The summed E-state index contributed by atoms with van der Waals surface area (Å²) in [5.74, 6) is 0.415. The largest absolute Gasteiger partial charge is 0.360 e. The summed E-state index contributed by atoms with van der Waals surface area (Å²) in [6.45, 7) is 0. The second-order valence-electron chi connectivity index (χ2n) is 5.48. The van der Waals surface area contributed by atoms with Crippen LogP contribution in [0.5, 0.6) is 0 Å². The van der Waals surface area contributed by atoms with E-state index in [0.717, 1.165) is 10.9 Å². The third-order valence-electron chi connectivity index (χ3n) is 4.00. The van der Waals surface area contributed by atoms with Gasteiger partial charge in [-0.2, -0.15) is 0 Å². The SMILES string of the molecule is O=C(c1c[nH]c2cc(F)ccc12)[C@@H]1CSC(c2cccnc2)N1. The van der Waals surface area contributed by atoms with Gasteiger partial charge in [-0.05, 0) is 29.8 Å². The molecule has 4 nitrogen and oxygen atoms in total. The minimum Gasteiger partial charge on any atom is -0.360 e. The van der Waals surface area contributed by atoms with E-state index < -0.39 is 0 Å². The molecular weight excluding hydrogens is 313 g/mol. The Morgan fingerprint density at radius 3 is 3.09 bits per heavy atom. The van der Waals surface area contributed by atoms with Crippen LogP contribution in [0.1, 0.15) is 21.3 Å². The second kappa shape index (κ2) is 5.79. The molecule has 3 heterocycles. The van der Waals surface area contributed by atoms with Crippen molar-refractivity contribution in [3.8, 4) is 0 Å². The van der Waals surface area contributed by atoms with E-state index in [2.05, 4.69) is 15.3 Å². The topological polar surface area (TPSA) is 57.8 Å². The fourth-order valence-corrected chi connectivity index (χ4v) is 4.06. The monoisotopic (exact) mass is 327 g/mol. The highest BCUT2D eigenvalue weighted by atomic mass is 32.2. The zero-order chi connectivity index (χ0) is 15.8. The summed E-state index contributed by atoms with van der Waals surface area (Å²) in [5, 5.41) is 4.18. The van der Waals surface area contributed by atoms with Crippen LogP contribution < -0.4 is 5.32 Å². The molecule has 116 valence electrons. The average molecular weight is 327 g/mol. The lowest BCUT2D eigenvalue weighted by Gasteiger charge is -2.12. The molecule has 2 N–H and O–H groups in total. The highest BCUT2D eigenvalue weighted by Crippen LogP contribution is 2.34. The van der Waals surface area contributed by atoms with Crippen LogP contribution in [0.2, 0.25) is 0 Å². The Bertz CT molecular complexity index is 865. The van der Waals surface area contributed by atoms with Gasteiger partial charge in [0.2, 0.25) is 0 Å². The van der Waals surface area contributed by atoms with E-state index in [1.54, 1.807) is 30.2 Å². The van der Waals surface area contributed by atoms with Gasteiger partial charge < -0.3 is 4.98 Å². The lowest BCUT2D eigenvalue weighted by Crippen LogP contribution is -2.34. The Kier molecular flexibility index (Phi) is 3.63. The lowest BCUT2D eigenvalue weighted by molar-refractivity contribution is 0.0957. The Balaban J connectivity index is 1.57. The summed E-state index contributed by atoms with van der Waals surface area (Å²) in [7, 11) is 0. The molecule has 0 amide bonds. The Labute approximate surface area is 136 Å². The molecule has 1 aliphatic rings. The standard InChI is InChI=1S/C17H14FN3OS/c18-11-3-4-12-13(8-20-14(12)6-11)16(22)15-9-23-17(21-15)10-2-1-5-19-7-10/h1-8,15,17,20-21H,9H2/t15-,17?/m0/s1. The summed E-state index contributed by atoms with van der Waals surface area (Å²) < 4.78 is 13.3. The molecule has 0 bridgehead atoms. The number of nitrogens with one attached hydrogen (secondary N) is 2. The van der Waals surface area contributed by atoms with Crippen molar-refractivity contribution in [3.05, 3.63) is 65.9 Å². The van der Waals surface area contributed by atoms with E-state index in [-0.39, 0.29) is 23.0 Å². The van der Waals surface area contributed by atoms with Crippen molar-refractivity contribution in [2.75, 3.05) is 5.75 Å². The quantitative estimate of drug-likeness (QED) is 0.725. The zero-order valence-electron chi connectivity index (χ0n) is 12.1. The van der Waals surface area contributed by atoms with Crippen molar-refractivity contribution >= 4 is 28.4 Å². The Morgan fingerprint density at radius 1 is 1.35 bits per heavy atom. The number of carbonyl (C=O) groups excluding carboxylic acids is 1. The van der Waals surface area contributed by atoms with Crippen molar-refractivity contribution in [3.63, 3.8) is 0 Å². The summed E-state index contributed by atoms with van der Waals surface area (Å²) in [4.78, 5) is 19.9. The van der Waals surface area contributed by atoms with E-state index in [1.165, 1.54) is 12.1 Å². The van der Waals surface area contributed by atoms with Gasteiger partial charge >= 0.3 is 0 Å². The van der Waals surface area contributed by atoms with Crippen molar-refractivity contribution in [2.45, 2.75) is 11.4 Å². The van der Waals surface area contributed by atoms with Gasteiger partial charge in [0, 0.05) is 40.8 Å². The van der Waals surface area contributed by atoms with Gasteiger partial charge in [-0.25, -0.2) is 4.39 Å². The van der Waals surface area contributed by atoms with Gasteiger partial charge in [0.15, 0.2) is 5.78 Å². The predicted octanol–water partition coefficient (Wildman–Crippen LogP) is 3.29. The number of hydrogen-bond donors (Lipinski definition) is 2. The molecule has 1 saturated heterocycles. The maximum Gasteiger partial charge on any atom is 0.182 e. The number of ketones is 1. The van der Waals surface area contributed by atoms with Gasteiger partial charge in [0.05, 0.1) is 11.4 Å². The molecule has 1 fully saturated rings. The molecule has 0 spiro atoms.